The van der Waals surface area contributed by atoms with E-state index in [1.165, 1.54) is 36.0 Å². The Bertz CT molecular complexity index is 736. The molecular formula is C28H34N+. The van der Waals surface area contributed by atoms with Crippen molar-refractivity contribution in [2.45, 2.75) is 45.8 Å². The van der Waals surface area contributed by atoms with Crippen LogP contribution in [-0.4, -0.2) is 11.0 Å². The number of hydrogen-bond donors (Lipinski definition) is 0. The Kier molecular flexibility index (Phi) is 8.27. The van der Waals surface area contributed by atoms with Gasteiger partial charge in [0.15, 0.2) is 0 Å². The van der Waals surface area contributed by atoms with Crippen LogP contribution < -0.4 is 0 Å². The molecule has 0 amide bonds. The quantitative estimate of drug-likeness (QED) is 0.187. The largest absolute Gasteiger partial charge is 0.309 e. The van der Waals surface area contributed by atoms with E-state index in [4.69, 9.17) is 0 Å². The van der Waals surface area contributed by atoms with Gasteiger partial charge in [0, 0.05) is 16.7 Å². The van der Waals surface area contributed by atoms with Crippen LogP contribution in [0.1, 0.15) is 42.9 Å². The average molecular weight is 385 g/mol. The molecule has 0 heterocycles. The molecule has 150 valence electrons. The van der Waals surface area contributed by atoms with Crippen molar-refractivity contribution in [3.8, 4) is 0 Å². The van der Waals surface area contributed by atoms with Gasteiger partial charge in [-0.2, -0.15) is 0 Å². The molecule has 1 heteroatoms. The molecule has 0 atom stereocenters. The van der Waals surface area contributed by atoms with Crippen molar-refractivity contribution in [3.05, 3.63) is 120 Å². The van der Waals surface area contributed by atoms with E-state index >= 15 is 0 Å². The summed E-state index contributed by atoms with van der Waals surface area (Å²) in [5, 5.41) is 0. The normalized spacial score (nSPS) is 11.8. The van der Waals surface area contributed by atoms with Gasteiger partial charge in [0.1, 0.15) is 19.6 Å². The fraction of sp³-hybridized carbons (Fsp3) is 0.286. The van der Waals surface area contributed by atoms with Gasteiger partial charge in [-0.3, -0.25) is 0 Å². The summed E-state index contributed by atoms with van der Waals surface area (Å²) < 4.78 is 1.00. The first-order valence-corrected chi connectivity index (χ1v) is 10.9. The highest BCUT2D eigenvalue weighted by molar-refractivity contribution is 5.17. The number of hydrogen-bond acceptors (Lipinski definition) is 0. The number of nitrogens with zero attached hydrogens (tertiary/aromatic N) is 1. The molecule has 0 N–H and O–H groups in total. The molecule has 0 radical (unpaired) electrons. The summed E-state index contributed by atoms with van der Waals surface area (Å²) in [6, 6.07) is 32.9. The van der Waals surface area contributed by atoms with Crippen LogP contribution in [0.4, 0.5) is 0 Å². The van der Waals surface area contributed by atoms with Crippen LogP contribution in [0, 0.1) is 0 Å². The van der Waals surface area contributed by atoms with Crippen LogP contribution >= 0.6 is 0 Å². The highest BCUT2D eigenvalue weighted by Crippen LogP contribution is 2.24. The van der Waals surface area contributed by atoms with Gasteiger partial charge in [-0.25, -0.2) is 0 Å². The number of unbranched alkanes of at least 4 members (excludes halogenated alkanes) is 2. The molecule has 3 aromatic rings. The van der Waals surface area contributed by atoms with Gasteiger partial charge in [-0.1, -0.05) is 117 Å². The first kappa shape index (κ1) is 21.1. The maximum Gasteiger partial charge on any atom is 0.105 e. The standard InChI is InChI=1S/C28H34N/c1-2-3-4-5-15-22-29(23-26-16-9-6-10-17-26,24-27-18-11-7-12-19-27)25-28-20-13-8-14-21-28/h5-21H,2-4,22-25H2,1H3/q+1/b15-5+. The minimum Gasteiger partial charge on any atom is -0.309 e. The molecule has 0 saturated carbocycles. The van der Waals surface area contributed by atoms with Gasteiger partial charge in [0.05, 0.1) is 6.54 Å². The summed E-state index contributed by atoms with van der Waals surface area (Å²) in [4.78, 5) is 0. The molecule has 0 spiro atoms. The van der Waals surface area contributed by atoms with E-state index in [9.17, 15) is 0 Å². The first-order chi connectivity index (χ1) is 14.3. The maximum absolute atomic E-state index is 2.42. The molecule has 0 aromatic heterocycles. The van der Waals surface area contributed by atoms with Crippen molar-refractivity contribution in [1.29, 1.82) is 0 Å². The second kappa shape index (κ2) is 11.4. The molecule has 0 fully saturated rings. The molecule has 0 saturated heterocycles. The van der Waals surface area contributed by atoms with E-state index < -0.39 is 0 Å². The van der Waals surface area contributed by atoms with Crippen molar-refractivity contribution in [1.82, 2.24) is 0 Å². The van der Waals surface area contributed by atoms with E-state index in [1.54, 1.807) is 0 Å². The van der Waals surface area contributed by atoms with Crippen LogP contribution in [0.15, 0.2) is 103 Å². The van der Waals surface area contributed by atoms with Crippen LogP contribution in [0.3, 0.4) is 0 Å². The molecule has 0 bridgehead atoms. The van der Waals surface area contributed by atoms with E-state index in [0.717, 1.165) is 30.7 Å². The highest BCUT2D eigenvalue weighted by Gasteiger charge is 2.27. The van der Waals surface area contributed by atoms with Crippen molar-refractivity contribution < 1.29 is 4.48 Å². The molecule has 3 aromatic carbocycles. The lowest BCUT2D eigenvalue weighted by atomic mass is 10.1. The van der Waals surface area contributed by atoms with Crippen LogP contribution in [-0.2, 0) is 19.6 Å². The predicted octanol–water partition coefficient (Wildman–Crippen LogP) is 7.15. The smallest absolute Gasteiger partial charge is 0.105 e. The van der Waals surface area contributed by atoms with Crippen LogP contribution in [0.5, 0.6) is 0 Å². The third-order valence-electron chi connectivity index (χ3n) is 5.47. The summed E-state index contributed by atoms with van der Waals surface area (Å²) >= 11 is 0. The van der Waals surface area contributed by atoms with Gasteiger partial charge in [0.2, 0.25) is 0 Å². The van der Waals surface area contributed by atoms with E-state index in [1.807, 2.05) is 0 Å². The second-order valence-electron chi connectivity index (χ2n) is 8.07. The van der Waals surface area contributed by atoms with Crippen molar-refractivity contribution in [2.75, 3.05) is 6.54 Å². The minimum atomic E-state index is 1.00. The zero-order valence-corrected chi connectivity index (χ0v) is 17.7. The topological polar surface area (TPSA) is 0 Å². The average Bonchev–Trinajstić information content (AvgIpc) is 2.76. The first-order valence-electron chi connectivity index (χ1n) is 10.9. The van der Waals surface area contributed by atoms with Crippen molar-refractivity contribution in [3.63, 3.8) is 0 Å². The van der Waals surface area contributed by atoms with Crippen LogP contribution in [0.2, 0.25) is 0 Å². The van der Waals surface area contributed by atoms with Gasteiger partial charge >= 0.3 is 0 Å². The summed E-state index contributed by atoms with van der Waals surface area (Å²) in [5.74, 6) is 0. The molecule has 0 aliphatic carbocycles. The molecule has 3 rings (SSSR count). The Labute approximate surface area is 176 Å². The van der Waals surface area contributed by atoms with Gasteiger partial charge < -0.3 is 4.48 Å². The van der Waals surface area contributed by atoms with E-state index in [2.05, 4.69) is 110 Å². The molecule has 1 nitrogen and oxygen atoms in total. The number of rotatable bonds is 11. The lowest BCUT2D eigenvalue weighted by molar-refractivity contribution is -0.961. The van der Waals surface area contributed by atoms with E-state index in [-0.39, 0.29) is 0 Å². The Morgan fingerprint density at radius 2 is 1.00 bits per heavy atom. The predicted molar refractivity (Wildman–Crippen MR) is 124 cm³/mol. The lowest BCUT2D eigenvalue weighted by Gasteiger charge is -2.38. The zero-order valence-electron chi connectivity index (χ0n) is 17.7. The Balaban J connectivity index is 1.92. The maximum atomic E-state index is 2.42. The second-order valence-corrected chi connectivity index (χ2v) is 8.07. The molecule has 0 unspecified atom stereocenters. The molecule has 0 aliphatic heterocycles. The Morgan fingerprint density at radius 1 is 0.586 bits per heavy atom. The third-order valence-corrected chi connectivity index (χ3v) is 5.47. The zero-order chi connectivity index (χ0) is 20.2. The Hall–Kier alpha value is -2.64. The lowest BCUT2D eigenvalue weighted by Crippen LogP contribution is -2.46. The number of allylic oxidation sites excluding steroid dienone is 1. The molecule has 29 heavy (non-hydrogen) atoms. The van der Waals surface area contributed by atoms with Gasteiger partial charge in [-0.15, -0.1) is 0 Å². The van der Waals surface area contributed by atoms with Gasteiger partial charge in [-0.05, 0) is 12.5 Å². The van der Waals surface area contributed by atoms with Crippen molar-refractivity contribution >= 4 is 0 Å². The minimum absolute atomic E-state index is 1.00. The summed E-state index contributed by atoms with van der Waals surface area (Å²) in [5.41, 5.74) is 4.21. The highest BCUT2D eigenvalue weighted by atomic mass is 15.3. The number of quaternary nitrogens is 1. The monoisotopic (exact) mass is 384 g/mol. The van der Waals surface area contributed by atoms with Gasteiger partial charge in [0.25, 0.3) is 0 Å². The summed E-state index contributed by atoms with van der Waals surface area (Å²) in [6.45, 7) is 6.39. The molecule has 0 aliphatic rings. The fourth-order valence-corrected chi connectivity index (χ4v) is 4.01. The fourth-order valence-electron chi connectivity index (χ4n) is 4.01. The van der Waals surface area contributed by atoms with Crippen LogP contribution in [0.25, 0.3) is 0 Å². The molecular weight excluding hydrogens is 350 g/mol. The van der Waals surface area contributed by atoms with Crippen molar-refractivity contribution in [2.24, 2.45) is 0 Å². The Morgan fingerprint density at radius 3 is 1.38 bits per heavy atom. The summed E-state index contributed by atoms with van der Waals surface area (Å²) in [6.07, 6.45) is 8.51. The SMILES string of the molecule is CCCC/C=C/C[N+](Cc1ccccc1)(Cc1ccccc1)Cc1ccccc1. The number of benzene rings is 3. The third kappa shape index (κ3) is 7.03. The van der Waals surface area contributed by atoms with E-state index in [0.29, 0.717) is 0 Å². The summed E-state index contributed by atoms with van der Waals surface area (Å²) in [7, 11) is 0.